The van der Waals surface area contributed by atoms with Crippen LogP contribution in [0.3, 0.4) is 0 Å². The van der Waals surface area contributed by atoms with Gasteiger partial charge in [0.2, 0.25) is 0 Å². The average Bonchev–Trinajstić information content (AvgIpc) is 3.35. The Labute approximate surface area is 275 Å². The van der Waals surface area contributed by atoms with Crippen molar-refractivity contribution in [2.24, 2.45) is 4.99 Å². The molecule has 45 heavy (non-hydrogen) atoms. The van der Waals surface area contributed by atoms with E-state index in [9.17, 15) is 14.0 Å². The summed E-state index contributed by atoms with van der Waals surface area (Å²) < 4.78 is 28.0. The molecule has 1 unspecified atom stereocenters. The molecule has 0 radical (unpaired) electrons. The number of benzene rings is 4. The van der Waals surface area contributed by atoms with E-state index >= 15 is 0 Å². The van der Waals surface area contributed by atoms with E-state index in [-0.39, 0.29) is 17.7 Å². The molecular weight excluding hydrogens is 679 g/mol. The lowest BCUT2D eigenvalue weighted by Crippen LogP contribution is -2.40. The van der Waals surface area contributed by atoms with Crippen LogP contribution in [0.1, 0.15) is 35.2 Å². The molecule has 0 saturated carbocycles. The number of carbonyl (C=O) groups excluding carboxylic acids is 1. The molecule has 0 fully saturated rings. The molecule has 5 aromatic rings. The van der Waals surface area contributed by atoms with Crippen molar-refractivity contribution >= 4 is 56.6 Å². The SMILES string of the molecule is CCOC(=O)C1=C(c2ccccc2)N=c2s/c(=C\c3ccc(OCc4ccccc4Cl)c(Br)c3)c(=O)n2C1c1ccc(F)cc1. The number of halogens is 3. The Hall–Kier alpha value is -4.31. The topological polar surface area (TPSA) is 69.9 Å². The summed E-state index contributed by atoms with van der Waals surface area (Å²) in [5.41, 5.74) is 3.14. The molecule has 10 heteroatoms. The van der Waals surface area contributed by atoms with Crippen molar-refractivity contribution in [3.05, 3.63) is 160 Å². The summed E-state index contributed by atoms with van der Waals surface area (Å²) in [5.74, 6) is -0.405. The summed E-state index contributed by atoms with van der Waals surface area (Å²) in [6.45, 7) is 2.15. The van der Waals surface area contributed by atoms with E-state index in [1.54, 1.807) is 25.1 Å². The Morgan fingerprint density at radius 1 is 1.04 bits per heavy atom. The lowest BCUT2D eigenvalue weighted by atomic mass is 9.93. The minimum atomic E-state index is -0.884. The molecule has 1 aliphatic heterocycles. The van der Waals surface area contributed by atoms with Gasteiger partial charge in [-0.15, -0.1) is 0 Å². The van der Waals surface area contributed by atoms with E-state index in [2.05, 4.69) is 15.9 Å². The van der Waals surface area contributed by atoms with E-state index < -0.39 is 17.8 Å². The van der Waals surface area contributed by atoms with Crippen LogP contribution in [0, 0.1) is 5.82 Å². The Balaban J connectivity index is 1.46. The Morgan fingerprint density at radius 3 is 2.49 bits per heavy atom. The molecule has 226 valence electrons. The third-order valence-electron chi connectivity index (χ3n) is 7.15. The number of esters is 1. The maximum Gasteiger partial charge on any atom is 0.338 e. The normalized spacial score (nSPS) is 14.6. The molecule has 0 saturated heterocycles. The zero-order valence-electron chi connectivity index (χ0n) is 23.9. The maximum absolute atomic E-state index is 14.1. The summed E-state index contributed by atoms with van der Waals surface area (Å²) in [4.78, 5) is 32.8. The van der Waals surface area contributed by atoms with Gasteiger partial charge < -0.3 is 9.47 Å². The first-order valence-corrected chi connectivity index (χ1v) is 16.0. The van der Waals surface area contributed by atoms with E-state index in [4.69, 9.17) is 26.1 Å². The zero-order valence-corrected chi connectivity index (χ0v) is 27.0. The molecule has 1 aromatic heterocycles. The van der Waals surface area contributed by atoms with E-state index in [1.165, 1.54) is 28.0 Å². The molecular formula is C35H25BrClFN2O4S. The quantitative estimate of drug-likeness (QED) is 0.162. The number of carbonyl (C=O) groups is 1. The maximum atomic E-state index is 14.1. The van der Waals surface area contributed by atoms with Gasteiger partial charge >= 0.3 is 5.97 Å². The summed E-state index contributed by atoms with van der Waals surface area (Å²) in [5, 5.41) is 0.626. The third kappa shape index (κ3) is 6.42. The fraction of sp³-hybridized carbons (Fsp3) is 0.114. The molecule has 1 atom stereocenters. The fourth-order valence-electron chi connectivity index (χ4n) is 5.05. The number of hydrogen-bond donors (Lipinski definition) is 0. The minimum absolute atomic E-state index is 0.137. The number of fused-ring (bicyclic) bond motifs is 1. The van der Waals surface area contributed by atoms with Crippen LogP contribution in [0.15, 0.2) is 117 Å². The van der Waals surface area contributed by atoms with Gasteiger partial charge in [-0.25, -0.2) is 14.2 Å². The van der Waals surface area contributed by atoms with Crippen molar-refractivity contribution in [2.75, 3.05) is 6.61 Å². The van der Waals surface area contributed by atoms with Gasteiger partial charge in [0.25, 0.3) is 5.56 Å². The smallest absolute Gasteiger partial charge is 0.338 e. The molecule has 0 bridgehead atoms. The van der Waals surface area contributed by atoms with Crippen LogP contribution in [0.5, 0.6) is 5.75 Å². The Kier molecular flexibility index (Phi) is 9.11. The first kappa shape index (κ1) is 30.7. The van der Waals surface area contributed by atoms with Gasteiger partial charge in [-0.1, -0.05) is 89.7 Å². The molecule has 0 spiro atoms. The Bertz CT molecular complexity index is 2110. The molecule has 4 aromatic carbocycles. The highest BCUT2D eigenvalue weighted by Crippen LogP contribution is 2.35. The molecule has 0 amide bonds. The number of rotatable bonds is 8. The van der Waals surface area contributed by atoms with Crippen molar-refractivity contribution in [3.8, 4) is 5.75 Å². The Morgan fingerprint density at radius 2 is 1.78 bits per heavy atom. The zero-order chi connectivity index (χ0) is 31.5. The van der Waals surface area contributed by atoms with Crippen molar-refractivity contribution in [2.45, 2.75) is 19.6 Å². The largest absolute Gasteiger partial charge is 0.488 e. The molecule has 1 aliphatic rings. The van der Waals surface area contributed by atoms with Crippen LogP contribution < -0.4 is 19.6 Å². The third-order valence-corrected chi connectivity index (χ3v) is 9.13. The predicted molar refractivity (Wildman–Crippen MR) is 177 cm³/mol. The second kappa shape index (κ2) is 13.4. The number of thiazole rings is 1. The van der Waals surface area contributed by atoms with E-state index in [0.717, 1.165) is 11.1 Å². The highest BCUT2D eigenvalue weighted by molar-refractivity contribution is 9.10. The number of ether oxygens (including phenoxy) is 2. The lowest BCUT2D eigenvalue weighted by Gasteiger charge is -2.25. The van der Waals surface area contributed by atoms with Gasteiger partial charge in [0.15, 0.2) is 4.80 Å². The van der Waals surface area contributed by atoms with Crippen LogP contribution in [-0.4, -0.2) is 17.1 Å². The van der Waals surface area contributed by atoms with Gasteiger partial charge in [-0.3, -0.25) is 9.36 Å². The van der Waals surface area contributed by atoms with Crippen LogP contribution in [-0.2, 0) is 16.1 Å². The average molecular weight is 704 g/mol. The first-order valence-electron chi connectivity index (χ1n) is 14.0. The van der Waals surface area contributed by atoms with Gasteiger partial charge in [0, 0.05) is 16.1 Å². The summed E-state index contributed by atoms with van der Waals surface area (Å²) in [6.07, 6.45) is 1.77. The molecule has 6 rings (SSSR count). The molecule has 0 N–H and O–H groups in total. The van der Waals surface area contributed by atoms with Crippen LogP contribution >= 0.6 is 38.9 Å². The summed E-state index contributed by atoms with van der Waals surface area (Å²) in [6, 6.07) is 27.1. The van der Waals surface area contributed by atoms with Gasteiger partial charge in [-0.2, -0.15) is 0 Å². The summed E-state index contributed by atoms with van der Waals surface area (Å²) in [7, 11) is 0. The van der Waals surface area contributed by atoms with Gasteiger partial charge in [0.1, 0.15) is 18.2 Å². The molecule has 2 heterocycles. The number of nitrogens with zero attached hydrogens (tertiary/aromatic N) is 2. The number of aromatic nitrogens is 1. The monoisotopic (exact) mass is 702 g/mol. The second-order valence-corrected chi connectivity index (χ2v) is 12.3. The standard InChI is InChI=1S/C35H25BrClFN2O4S/c1-2-43-34(42)30-31(22-8-4-3-5-9-22)39-35-40(32(30)23-13-15-25(38)16-14-23)33(41)29(45-35)19-21-12-17-28(26(36)18-21)44-20-24-10-6-7-11-27(24)37/h3-19,32H,2,20H2,1H3/b29-19-. The van der Waals surface area contributed by atoms with E-state index in [1.807, 2.05) is 72.8 Å². The van der Waals surface area contributed by atoms with Crippen molar-refractivity contribution in [3.63, 3.8) is 0 Å². The minimum Gasteiger partial charge on any atom is -0.488 e. The number of hydrogen-bond acceptors (Lipinski definition) is 6. The molecule has 0 aliphatic carbocycles. The highest BCUT2D eigenvalue weighted by Gasteiger charge is 2.35. The van der Waals surface area contributed by atoms with E-state index in [0.29, 0.717) is 48.0 Å². The van der Waals surface area contributed by atoms with Gasteiger partial charge in [0.05, 0.1) is 32.9 Å². The van der Waals surface area contributed by atoms with Crippen LogP contribution in [0.25, 0.3) is 11.8 Å². The highest BCUT2D eigenvalue weighted by atomic mass is 79.9. The molecule has 6 nitrogen and oxygen atoms in total. The second-order valence-electron chi connectivity index (χ2n) is 10.1. The fourth-order valence-corrected chi connectivity index (χ4v) is 6.75. The predicted octanol–water partition coefficient (Wildman–Crippen LogP) is 7.07. The first-order chi connectivity index (χ1) is 21.8. The lowest BCUT2D eigenvalue weighted by molar-refractivity contribution is -0.138. The van der Waals surface area contributed by atoms with Gasteiger partial charge in [-0.05, 0) is 70.4 Å². The summed E-state index contributed by atoms with van der Waals surface area (Å²) >= 11 is 11.1. The van der Waals surface area contributed by atoms with Crippen molar-refractivity contribution < 1.29 is 18.7 Å². The van der Waals surface area contributed by atoms with Crippen molar-refractivity contribution in [1.29, 1.82) is 0 Å². The van der Waals surface area contributed by atoms with Crippen LogP contribution in [0.2, 0.25) is 5.02 Å². The van der Waals surface area contributed by atoms with Crippen molar-refractivity contribution in [1.82, 2.24) is 4.57 Å². The van der Waals surface area contributed by atoms with Crippen LogP contribution in [0.4, 0.5) is 4.39 Å².